The fraction of sp³-hybridized carbons (Fsp3) is 0.490. The number of aromatic nitrogens is 3. The molecule has 5 fully saturated rings. The van der Waals surface area contributed by atoms with Gasteiger partial charge in [-0.15, -0.1) is 0 Å². The number of nitrogens with one attached hydrogen (secondary N) is 3. The van der Waals surface area contributed by atoms with E-state index in [2.05, 4.69) is 54.1 Å². The lowest BCUT2D eigenvalue weighted by molar-refractivity contribution is -0.384. The lowest BCUT2D eigenvalue weighted by Crippen LogP contribution is -2.55. The summed E-state index contributed by atoms with van der Waals surface area (Å²) in [5.41, 5.74) is 6.01. The van der Waals surface area contributed by atoms with Gasteiger partial charge in [-0.1, -0.05) is 24.3 Å². The van der Waals surface area contributed by atoms with Crippen molar-refractivity contribution in [2.24, 2.45) is 11.3 Å². The number of hydrogen-bond donors (Lipinski definition) is 3. The number of nitrogens with zero attached hydrogens (tertiary/aromatic N) is 6. The molecule has 3 N–H and O–H groups in total. The molecule has 5 aromatic rings. The molecule has 16 nitrogen and oxygen atoms in total. The number of ether oxygens (including phenoxy) is 2. The average Bonchev–Trinajstić information content (AvgIpc) is 3.95. The Labute approximate surface area is 384 Å². The number of nitro groups is 1. The van der Waals surface area contributed by atoms with E-state index in [1.807, 2.05) is 35.4 Å². The van der Waals surface area contributed by atoms with Gasteiger partial charge in [0.25, 0.3) is 21.6 Å². The summed E-state index contributed by atoms with van der Waals surface area (Å²) in [6.07, 6.45) is 14.9. The second kappa shape index (κ2) is 17.5. The molecule has 1 unspecified atom stereocenters. The van der Waals surface area contributed by atoms with E-state index in [0.29, 0.717) is 79.7 Å². The summed E-state index contributed by atoms with van der Waals surface area (Å²) in [6, 6.07) is 20.7. The number of rotatable bonds is 12. The molecular formula is C49H57N9O7S. The number of benzene rings is 2. The third-order valence-corrected chi connectivity index (χ3v) is 16.4. The molecule has 346 valence electrons. The lowest BCUT2D eigenvalue weighted by atomic mass is 9.59. The van der Waals surface area contributed by atoms with Crippen molar-refractivity contribution in [1.29, 1.82) is 0 Å². The maximum Gasteiger partial charge on any atom is 0.296 e. The van der Waals surface area contributed by atoms with Crippen LogP contribution in [0.15, 0.2) is 78.1 Å². The van der Waals surface area contributed by atoms with Crippen molar-refractivity contribution in [3.63, 3.8) is 0 Å². The Morgan fingerprint density at radius 2 is 1.71 bits per heavy atom. The van der Waals surface area contributed by atoms with Crippen LogP contribution in [0.2, 0.25) is 0 Å². The monoisotopic (exact) mass is 915 g/mol. The van der Waals surface area contributed by atoms with Gasteiger partial charge in [-0.3, -0.25) is 19.8 Å². The zero-order valence-electron chi connectivity index (χ0n) is 37.1. The predicted octanol–water partition coefficient (Wildman–Crippen LogP) is 8.21. The number of carbonyl (C=O) groups excluding carboxylic acids is 1. The van der Waals surface area contributed by atoms with Gasteiger partial charge in [0.1, 0.15) is 17.0 Å². The van der Waals surface area contributed by atoms with Crippen LogP contribution in [0, 0.1) is 21.4 Å². The lowest BCUT2D eigenvalue weighted by Gasteiger charge is -2.56. The first-order chi connectivity index (χ1) is 32.1. The van der Waals surface area contributed by atoms with E-state index in [1.165, 1.54) is 45.1 Å². The molecule has 11 rings (SSSR count). The molecule has 6 aliphatic rings. The highest BCUT2D eigenvalue weighted by Gasteiger charge is 2.50. The highest BCUT2D eigenvalue weighted by molar-refractivity contribution is 7.90. The molecule has 3 aromatic heterocycles. The van der Waals surface area contributed by atoms with Gasteiger partial charge in [0, 0.05) is 68.7 Å². The number of pyridine rings is 2. The van der Waals surface area contributed by atoms with Crippen molar-refractivity contribution in [1.82, 2.24) is 24.6 Å². The number of fused-ring (bicyclic) bond motifs is 2. The van der Waals surface area contributed by atoms with Gasteiger partial charge >= 0.3 is 0 Å². The number of aromatic amines is 1. The van der Waals surface area contributed by atoms with Gasteiger partial charge in [-0.25, -0.2) is 9.71 Å². The number of hydrogen-bond acceptors (Lipinski definition) is 13. The first-order valence-corrected chi connectivity index (χ1v) is 25.2. The molecule has 3 saturated heterocycles. The zero-order valence-corrected chi connectivity index (χ0v) is 37.9. The molecule has 1 atom stereocenters. The molecule has 7 heterocycles. The second-order valence-electron chi connectivity index (χ2n) is 19.3. The highest BCUT2D eigenvalue weighted by Crippen LogP contribution is 2.55. The van der Waals surface area contributed by atoms with Crippen molar-refractivity contribution in [3.05, 3.63) is 99.9 Å². The SMILES string of the molecule is O=C(NS(=O)(=O)c1cc([N+](=O)[O-])c(NCC2CCOCC2)cn1)c1ccc(N2CCC3(CC2)CC(N2CCCC2c2ccccc2C2CC2)C3)cc1N1CCCOc2nc3[nH]ccc3cc21. The van der Waals surface area contributed by atoms with Crippen LogP contribution >= 0.6 is 0 Å². The van der Waals surface area contributed by atoms with Crippen LogP contribution in [0.5, 0.6) is 5.88 Å². The quantitative estimate of drug-likeness (QED) is 0.0804. The fourth-order valence-corrected chi connectivity index (χ4v) is 12.3. The highest BCUT2D eigenvalue weighted by atomic mass is 32.2. The third kappa shape index (κ3) is 8.34. The number of piperidine rings is 1. The van der Waals surface area contributed by atoms with Crippen LogP contribution in [-0.2, 0) is 14.8 Å². The number of likely N-dealkylation sites (tertiary alicyclic amines) is 1. The van der Waals surface area contributed by atoms with E-state index >= 15 is 0 Å². The summed E-state index contributed by atoms with van der Waals surface area (Å²) >= 11 is 0. The Hall–Kier alpha value is -5.78. The zero-order chi connectivity index (χ0) is 45.0. The van der Waals surface area contributed by atoms with E-state index in [-0.39, 0.29) is 17.2 Å². The van der Waals surface area contributed by atoms with Crippen LogP contribution in [0.25, 0.3) is 11.0 Å². The maximum absolute atomic E-state index is 14.4. The van der Waals surface area contributed by atoms with Gasteiger partial charge < -0.3 is 29.6 Å². The Morgan fingerprint density at radius 1 is 0.909 bits per heavy atom. The Kier molecular flexibility index (Phi) is 11.3. The fourth-order valence-electron chi connectivity index (χ4n) is 11.4. The van der Waals surface area contributed by atoms with Gasteiger partial charge in [0.05, 0.1) is 35.0 Å². The van der Waals surface area contributed by atoms with Crippen molar-refractivity contribution < 1.29 is 27.6 Å². The summed E-state index contributed by atoms with van der Waals surface area (Å²) in [5, 5.41) is 15.5. The smallest absolute Gasteiger partial charge is 0.296 e. The normalized spacial score (nSPS) is 21.5. The Morgan fingerprint density at radius 3 is 2.50 bits per heavy atom. The summed E-state index contributed by atoms with van der Waals surface area (Å²) in [6.45, 7) is 5.49. The van der Waals surface area contributed by atoms with Crippen LogP contribution in [0.3, 0.4) is 0 Å². The summed E-state index contributed by atoms with van der Waals surface area (Å²) < 4.78 is 41.6. The second-order valence-corrected chi connectivity index (χ2v) is 20.9. The number of carbonyl (C=O) groups is 1. The topological polar surface area (TPSA) is 188 Å². The summed E-state index contributed by atoms with van der Waals surface area (Å²) in [4.78, 5) is 45.1. The van der Waals surface area contributed by atoms with E-state index in [4.69, 9.17) is 14.5 Å². The first kappa shape index (κ1) is 42.8. The molecular weight excluding hydrogens is 859 g/mol. The molecule has 17 heteroatoms. The minimum absolute atomic E-state index is 0.105. The largest absolute Gasteiger partial charge is 0.476 e. The van der Waals surface area contributed by atoms with E-state index < -0.39 is 31.6 Å². The van der Waals surface area contributed by atoms with Crippen LogP contribution in [-0.4, -0.2) is 97.7 Å². The molecule has 2 aliphatic carbocycles. The summed E-state index contributed by atoms with van der Waals surface area (Å²) in [7, 11) is -4.66. The average molecular weight is 916 g/mol. The van der Waals surface area contributed by atoms with Crippen molar-refractivity contribution in [2.45, 2.75) is 93.7 Å². The molecule has 2 saturated carbocycles. The van der Waals surface area contributed by atoms with Crippen LogP contribution < -0.4 is 24.6 Å². The number of sulfonamides is 1. The van der Waals surface area contributed by atoms with Crippen LogP contribution in [0.4, 0.5) is 28.4 Å². The number of anilines is 4. The number of amides is 1. The molecule has 4 aliphatic heterocycles. The van der Waals surface area contributed by atoms with Crippen LogP contribution in [0.1, 0.15) is 104 Å². The molecule has 0 radical (unpaired) electrons. The first-order valence-electron chi connectivity index (χ1n) is 23.8. The van der Waals surface area contributed by atoms with Gasteiger partial charge in [0.15, 0.2) is 5.03 Å². The van der Waals surface area contributed by atoms with E-state index in [0.717, 1.165) is 68.0 Å². The number of H-pyrrole nitrogens is 1. The minimum Gasteiger partial charge on any atom is -0.476 e. The molecule has 1 spiro atoms. The van der Waals surface area contributed by atoms with Crippen molar-refractivity contribution >= 4 is 55.4 Å². The summed E-state index contributed by atoms with van der Waals surface area (Å²) in [5.74, 6) is 0.520. The standard InChI is InChI=1S/C49H57N9O7S/c59-47(54-66(62,63)45-27-43(58(60)61)40(31-52-45)51-30-32-13-23-64-24-14-32)39-11-10-35(26-42(39)57-19-4-22-65-48-44(57)25-34-12-17-50-46(34)53-48)55-20-15-49(16-21-55)28-36(29-49)56-18-3-7-41(56)38-6-2-1-5-37(38)33-8-9-33/h1-2,5-6,10-12,17,25-27,31-33,36,41,51H,3-4,7-9,13-16,18-24,28-30H2,(H,50,53)(H,54,59). The predicted molar refractivity (Wildman–Crippen MR) is 251 cm³/mol. The van der Waals surface area contributed by atoms with Gasteiger partial charge in [-0.05, 0) is 136 Å². The van der Waals surface area contributed by atoms with Gasteiger partial charge in [-0.2, -0.15) is 13.4 Å². The van der Waals surface area contributed by atoms with Crippen molar-refractivity contribution in [2.75, 3.05) is 67.7 Å². The molecule has 2 aromatic carbocycles. The molecule has 1 amide bonds. The third-order valence-electron chi connectivity index (χ3n) is 15.2. The molecule has 0 bridgehead atoms. The Bertz CT molecular complexity index is 2760. The van der Waals surface area contributed by atoms with Gasteiger partial charge in [0.2, 0.25) is 5.88 Å². The van der Waals surface area contributed by atoms with E-state index in [1.54, 1.807) is 17.2 Å². The van der Waals surface area contributed by atoms with E-state index in [9.17, 15) is 23.3 Å². The molecule has 66 heavy (non-hydrogen) atoms. The Balaban J connectivity index is 0.839. The van der Waals surface area contributed by atoms with Crippen molar-refractivity contribution in [3.8, 4) is 5.88 Å². The maximum atomic E-state index is 14.4. The minimum atomic E-state index is -4.66.